The highest BCUT2D eigenvalue weighted by Crippen LogP contribution is 2.40. The van der Waals surface area contributed by atoms with Crippen molar-refractivity contribution < 1.29 is 23.8 Å². The van der Waals surface area contributed by atoms with Crippen molar-refractivity contribution in [1.82, 2.24) is 14.8 Å². The number of benzene rings is 1. The summed E-state index contributed by atoms with van der Waals surface area (Å²) >= 11 is 6.24. The average molecular weight is 474 g/mol. The minimum absolute atomic E-state index is 0.259. The van der Waals surface area contributed by atoms with E-state index >= 15 is 0 Å². The van der Waals surface area contributed by atoms with E-state index in [0.717, 1.165) is 16.8 Å². The number of halogens is 1. The number of rotatable bonds is 2. The number of pyridine rings is 1. The van der Waals surface area contributed by atoms with Crippen molar-refractivity contribution in [3.05, 3.63) is 58.4 Å². The Labute approximate surface area is 198 Å². The zero-order valence-electron chi connectivity index (χ0n) is 19.2. The minimum atomic E-state index is -0.814. The van der Waals surface area contributed by atoms with Gasteiger partial charge in [0.2, 0.25) is 0 Å². The van der Waals surface area contributed by atoms with Crippen molar-refractivity contribution in [2.45, 2.75) is 45.1 Å². The van der Waals surface area contributed by atoms with Gasteiger partial charge in [-0.15, -0.1) is 0 Å². The Morgan fingerprint density at radius 2 is 2.00 bits per heavy atom. The number of nitrogens with zero attached hydrogens (tertiary/aromatic N) is 3. The largest absolute Gasteiger partial charge is 0.488 e. The summed E-state index contributed by atoms with van der Waals surface area (Å²) in [7, 11) is 1.32. The molecule has 33 heavy (non-hydrogen) atoms. The summed E-state index contributed by atoms with van der Waals surface area (Å²) in [6, 6.07) is 8.32. The third-order valence-electron chi connectivity index (χ3n) is 5.72. The first-order valence-corrected chi connectivity index (χ1v) is 11.2. The predicted molar refractivity (Wildman–Crippen MR) is 122 cm³/mol. The highest BCUT2D eigenvalue weighted by Gasteiger charge is 2.42. The fourth-order valence-electron chi connectivity index (χ4n) is 4.27. The number of methoxy groups -OCH3 is 1. The van der Waals surface area contributed by atoms with Crippen LogP contribution in [0.3, 0.4) is 0 Å². The zero-order valence-corrected chi connectivity index (χ0v) is 20.0. The molecule has 1 saturated heterocycles. The summed E-state index contributed by atoms with van der Waals surface area (Å²) < 4.78 is 16.6. The molecule has 2 aromatic rings. The molecule has 0 saturated carbocycles. The summed E-state index contributed by atoms with van der Waals surface area (Å²) in [6.07, 6.45) is 1.22. The molecular weight excluding hydrogens is 446 g/mol. The van der Waals surface area contributed by atoms with Gasteiger partial charge in [0.25, 0.3) is 0 Å². The first-order valence-electron chi connectivity index (χ1n) is 10.9. The van der Waals surface area contributed by atoms with Crippen LogP contribution in [-0.2, 0) is 20.9 Å². The Balaban J connectivity index is 1.71. The topological polar surface area (TPSA) is 81.2 Å². The molecule has 0 unspecified atom stereocenters. The Bertz CT molecular complexity index is 1050. The second-order valence-electron chi connectivity index (χ2n) is 9.13. The number of hydrogen-bond acceptors (Lipinski definition) is 7. The molecule has 4 rings (SSSR count). The van der Waals surface area contributed by atoms with E-state index in [2.05, 4.69) is 9.88 Å². The molecule has 176 valence electrons. The predicted octanol–water partition coefficient (Wildman–Crippen LogP) is 3.81. The van der Waals surface area contributed by atoms with Crippen LogP contribution in [-0.4, -0.2) is 65.2 Å². The van der Waals surface area contributed by atoms with E-state index in [9.17, 15) is 9.59 Å². The lowest BCUT2D eigenvalue weighted by Gasteiger charge is -2.43. The van der Waals surface area contributed by atoms with E-state index < -0.39 is 23.7 Å². The zero-order chi connectivity index (χ0) is 23.8. The lowest BCUT2D eigenvalue weighted by Crippen LogP contribution is -2.59. The first kappa shape index (κ1) is 23.3. The van der Waals surface area contributed by atoms with Crippen LogP contribution >= 0.6 is 11.6 Å². The van der Waals surface area contributed by atoms with E-state index in [-0.39, 0.29) is 12.6 Å². The maximum absolute atomic E-state index is 12.8. The van der Waals surface area contributed by atoms with Crippen molar-refractivity contribution in [2.75, 3.05) is 26.7 Å². The Hall–Kier alpha value is -2.84. The fourth-order valence-corrected chi connectivity index (χ4v) is 4.43. The number of piperazine rings is 1. The number of ether oxygens (including phenoxy) is 3. The van der Waals surface area contributed by atoms with Gasteiger partial charge in [-0.05, 0) is 39.0 Å². The molecule has 9 heteroatoms. The van der Waals surface area contributed by atoms with Crippen LogP contribution in [0.15, 0.2) is 36.5 Å². The van der Waals surface area contributed by atoms with Crippen LogP contribution < -0.4 is 4.74 Å². The number of amides is 1. The molecule has 1 aromatic heterocycles. The number of carbonyl (C=O) groups is 2. The van der Waals surface area contributed by atoms with Crippen molar-refractivity contribution in [3.8, 4) is 5.75 Å². The second kappa shape index (κ2) is 9.19. The molecule has 0 bridgehead atoms. The van der Waals surface area contributed by atoms with Gasteiger partial charge in [-0.2, -0.15) is 0 Å². The average Bonchev–Trinajstić information content (AvgIpc) is 2.93. The number of hydrogen-bond donors (Lipinski definition) is 0. The quantitative estimate of drug-likeness (QED) is 0.613. The van der Waals surface area contributed by atoms with Crippen LogP contribution in [0.4, 0.5) is 4.79 Å². The normalized spacial score (nSPS) is 20.7. The highest BCUT2D eigenvalue weighted by molar-refractivity contribution is 6.30. The van der Waals surface area contributed by atoms with Crippen LogP contribution in [0, 0.1) is 0 Å². The molecule has 0 aliphatic carbocycles. The smallest absolute Gasteiger partial charge is 0.411 e. The molecule has 1 amide bonds. The van der Waals surface area contributed by atoms with Gasteiger partial charge in [0.05, 0.1) is 18.8 Å². The summed E-state index contributed by atoms with van der Waals surface area (Å²) in [4.78, 5) is 33.8. The Morgan fingerprint density at radius 1 is 1.21 bits per heavy atom. The molecule has 0 N–H and O–H groups in total. The van der Waals surface area contributed by atoms with Gasteiger partial charge in [0, 0.05) is 42.0 Å². The number of carbonyl (C=O) groups excluding carboxylic acids is 2. The number of esters is 1. The fraction of sp³-hybridized carbons (Fsp3) is 0.458. The third-order valence-corrected chi connectivity index (χ3v) is 5.95. The molecule has 2 aliphatic heterocycles. The van der Waals surface area contributed by atoms with E-state index in [1.807, 2.05) is 24.3 Å². The third kappa shape index (κ3) is 4.91. The summed E-state index contributed by atoms with van der Waals surface area (Å²) in [5.74, 6) is 0.183. The molecule has 1 fully saturated rings. The van der Waals surface area contributed by atoms with Gasteiger partial charge in [-0.3, -0.25) is 14.8 Å². The molecule has 2 aliphatic rings. The van der Waals surface area contributed by atoms with Gasteiger partial charge in [0.1, 0.15) is 24.0 Å². The van der Waals surface area contributed by atoms with Crippen LogP contribution in [0.1, 0.15) is 43.6 Å². The monoisotopic (exact) mass is 473 g/mol. The summed E-state index contributed by atoms with van der Waals surface area (Å²) in [5.41, 5.74) is 2.05. The van der Waals surface area contributed by atoms with Gasteiger partial charge < -0.3 is 14.2 Å². The lowest BCUT2D eigenvalue weighted by atomic mass is 9.96. The van der Waals surface area contributed by atoms with Crippen LogP contribution in [0.2, 0.25) is 5.02 Å². The van der Waals surface area contributed by atoms with Gasteiger partial charge >= 0.3 is 12.1 Å². The molecule has 1 aromatic carbocycles. The maximum atomic E-state index is 12.8. The van der Waals surface area contributed by atoms with E-state index in [1.165, 1.54) is 12.0 Å². The summed E-state index contributed by atoms with van der Waals surface area (Å²) in [6.45, 7) is 6.83. The van der Waals surface area contributed by atoms with Gasteiger partial charge in [0.15, 0.2) is 0 Å². The highest BCUT2D eigenvalue weighted by atomic mass is 35.5. The van der Waals surface area contributed by atoms with Crippen molar-refractivity contribution >= 4 is 23.7 Å². The first-order chi connectivity index (χ1) is 15.7. The number of fused-ring (bicyclic) bond motifs is 2. The van der Waals surface area contributed by atoms with E-state index in [1.54, 1.807) is 33.0 Å². The molecule has 8 nitrogen and oxygen atoms in total. The second-order valence-corrected chi connectivity index (χ2v) is 9.57. The van der Waals surface area contributed by atoms with Crippen LogP contribution in [0.5, 0.6) is 5.75 Å². The molecule has 0 spiro atoms. The van der Waals surface area contributed by atoms with E-state index in [4.69, 9.17) is 25.8 Å². The molecule has 2 atom stereocenters. The van der Waals surface area contributed by atoms with Crippen molar-refractivity contribution in [1.29, 1.82) is 0 Å². The lowest BCUT2D eigenvalue weighted by molar-refractivity contribution is -0.149. The van der Waals surface area contributed by atoms with Gasteiger partial charge in [-0.25, -0.2) is 9.59 Å². The Kier molecular flexibility index (Phi) is 6.50. The minimum Gasteiger partial charge on any atom is -0.488 e. The standard InChI is InChI=1S/C24H28ClN3O5/c1-24(2,3)33-23(30)28-11-10-27(13-18(28)22(29)31-4)21-17-8-7-16(25)12-19(17)32-14-15-6-5-9-26-20(15)21/h5-9,12,18,21H,10-11,13-14H2,1-4H3/t18-,21+/m1/s1. The van der Waals surface area contributed by atoms with Crippen LogP contribution in [0.25, 0.3) is 0 Å². The van der Waals surface area contributed by atoms with Crippen molar-refractivity contribution in [3.63, 3.8) is 0 Å². The van der Waals surface area contributed by atoms with E-state index in [0.29, 0.717) is 30.5 Å². The maximum Gasteiger partial charge on any atom is 0.411 e. The molecule has 0 radical (unpaired) electrons. The number of aromatic nitrogens is 1. The van der Waals surface area contributed by atoms with Crippen molar-refractivity contribution in [2.24, 2.45) is 0 Å². The molecular formula is C24H28ClN3O5. The Morgan fingerprint density at radius 3 is 2.73 bits per heavy atom. The molecule has 3 heterocycles. The SMILES string of the molecule is COC(=O)[C@H]1CN([C@H]2c3ccc(Cl)cc3OCc3cccnc32)CCN1C(=O)OC(C)(C)C. The van der Waals surface area contributed by atoms with Gasteiger partial charge in [-0.1, -0.05) is 23.7 Å². The summed E-state index contributed by atoms with van der Waals surface area (Å²) in [5, 5.41) is 0.577.